The molecule has 1 unspecified atom stereocenters. The van der Waals surface area contributed by atoms with Crippen LogP contribution in [0.2, 0.25) is 0 Å². The highest BCUT2D eigenvalue weighted by Gasteiger charge is 2.09. The minimum absolute atomic E-state index is 0.341. The molecule has 0 amide bonds. The summed E-state index contributed by atoms with van der Waals surface area (Å²) in [5, 5.41) is 6.23. The fraction of sp³-hybridized carbons (Fsp3) is 0.786. The summed E-state index contributed by atoms with van der Waals surface area (Å²) in [7, 11) is 1.78. The average Bonchev–Trinajstić information content (AvgIpc) is 2.43. The molecule has 0 spiro atoms. The van der Waals surface area contributed by atoms with Gasteiger partial charge in [0.15, 0.2) is 0 Å². The summed E-state index contributed by atoms with van der Waals surface area (Å²) >= 11 is 0. The first kappa shape index (κ1) is 16.5. The molecule has 6 nitrogen and oxygen atoms in total. The van der Waals surface area contributed by atoms with Crippen LogP contribution in [-0.2, 0) is 0 Å². The molecule has 0 aliphatic rings. The summed E-state index contributed by atoms with van der Waals surface area (Å²) in [5.41, 5.74) is 0. The molecule has 20 heavy (non-hydrogen) atoms. The van der Waals surface area contributed by atoms with Gasteiger partial charge in [0, 0.05) is 13.1 Å². The van der Waals surface area contributed by atoms with Crippen molar-refractivity contribution < 1.29 is 4.74 Å². The lowest BCUT2D eigenvalue weighted by atomic mass is 10.1. The van der Waals surface area contributed by atoms with Crippen molar-refractivity contribution in [3.63, 3.8) is 0 Å². The minimum atomic E-state index is 0.341. The van der Waals surface area contributed by atoms with Gasteiger partial charge in [0.25, 0.3) is 0 Å². The van der Waals surface area contributed by atoms with Crippen molar-refractivity contribution >= 4 is 11.9 Å². The van der Waals surface area contributed by atoms with Crippen LogP contribution in [-0.4, -0.2) is 34.6 Å². The molecular weight excluding hydrogens is 254 g/mol. The Bertz CT molecular complexity index is 386. The molecule has 1 aromatic heterocycles. The van der Waals surface area contributed by atoms with Gasteiger partial charge < -0.3 is 15.4 Å². The van der Waals surface area contributed by atoms with Gasteiger partial charge in [0.05, 0.1) is 6.61 Å². The van der Waals surface area contributed by atoms with Crippen LogP contribution in [0.3, 0.4) is 0 Å². The van der Waals surface area contributed by atoms with Crippen LogP contribution in [0.4, 0.5) is 11.9 Å². The molecule has 1 aromatic rings. The normalized spacial score (nSPS) is 12.0. The van der Waals surface area contributed by atoms with Gasteiger partial charge in [-0.05, 0) is 20.3 Å². The molecule has 1 rings (SSSR count). The molecular formula is C14H27N5O. The van der Waals surface area contributed by atoms with Crippen molar-refractivity contribution in [2.24, 2.45) is 0 Å². The van der Waals surface area contributed by atoms with Crippen LogP contribution >= 0.6 is 0 Å². The number of unbranched alkanes of at least 4 members (excludes halogenated alkanes) is 3. The van der Waals surface area contributed by atoms with E-state index in [-0.39, 0.29) is 0 Å². The zero-order valence-corrected chi connectivity index (χ0v) is 13.1. The lowest BCUT2D eigenvalue weighted by molar-refractivity contribution is 0.312. The summed E-state index contributed by atoms with van der Waals surface area (Å²) in [6.45, 7) is 6.82. The molecule has 2 N–H and O–H groups in total. The van der Waals surface area contributed by atoms with Gasteiger partial charge in [0.1, 0.15) is 0 Å². The van der Waals surface area contributed by atoms with Gasteiger partial charge in [-0.1, -0.05) is 32.6 Å². The Morgan fingerprint density at radius 1 is 1.05 bits per heavy atom. The maximum atomic E-state index is 5.34. The lowest BCUT2D eigenvalue weighted by Crippen LogP contribution is -2.18. The first-order valence-electron chi connectivity index (χ1n) is 7.52. The fourth-order valence-electron chi connectivity index (χ4n) is 1.90. The summed E-state index contributed by atoms with van der Waals surface area (Å²) < 4.78 is 5.34. The Kier molecular flexibility index (Phi) is 7.69. The Hall–Kier alpha value is -1.59. The van der Waals surface area contributed by atoms with Crippen molar-refractivity contribution in [1.29, 1.82) is 0 Å². The zero-order valence-electron chi connectivity index (χ0n) is 13.1. The molecule has 0 saturated carbocycles. The van der Waals surface area contributed by atoms with Gasteiger partial charge in [-0.2, -0.15) is 15.0 Å². The molecule has 114 valence electrons. The number of hydrogen-bond acceptors (Lipinski definition) is 6. The minimum Gasteiger partial charge on any atom is -0.464 e. The molecule has 6 heteroatoms. The van der Waals surface area contributed by atoms with Crippen LogP contribution in [0.25, 0.3) is 0 Å². The highest BCUT2D eigenvalue weighted by molar-refractivity contribution is 5.35. The maximum absolute atomic E-state index is 5.34. The summed E-state index contributed by atoms with van der Waals surface area (Å²) in [6.07, 6.45) is 6.19. The number of aromatic nitrogens is 3. The molecule has 0 fully saturated rings. The van der Waals surface area contributed by atoms with E-state index in [1.807, 2.05) is 6.92 Å². The van der Waals surface area contributed by atoms with Crippen LogP contribution in [0.15, 0.2) is 0 Å². The van der Waals surface area contributed by atoms with Crippen LogP contribution in [0.5, 0.6) is 6.01 Å². The fourth-order valence-corrected chi connectivity index (χ4v) is 1.90. The van der Waals surface area contributed by atoms with Crippen LogP contribution < -0.4 is 15.4 Å². The molecule has 0 bridgehead atoms. The molecule has 1 heterocycles. The largest absolute Gasteiger partial charge is 0.464 e. The number of nitrogens with one attached hydrogen (secondary N) is 2. The van der Waals surface area contributed by atoms with E-state index in [2.05, 4.69) is 39.4 Å². The van der Waals surface area contributed by atoms with E-state index < -0.39 is 0 Å². The number of nitrogens with zero attached hydrogens (tertiary/aromatic N) is 3. The second-order valence-corrected chi connectivity index (χ2v) is 4.84. The van der Waals surface area contributed by atoms with Crippen LogP contribution in [0, 0.1) is 0 Å². The van der Waals surface area contributed by atoms with E-state index in [9.17, 15) is 0 Å². The van der Waals surface area contributed by atoms with Crippen molar-refractivity contribution in [3.05, 3.63) is 0 Å². The third-order valence-electron chi connectivity index (χ3n) is 2.98. The topological polar surface area (TPSA) is 72.0 Å². The van der Waals surface area contributed by atoms with Crippen molar-refractivity contribution in [3.8, 4) is 6.01 Å². The van der Waals surface area contributed by atoms with Gasteiger partial charge in [0.2, 0.25) is 11.9 Å². The Morgan fingerprint density at radius 3 is 2.45 bits per heavy atom. The number of hydrogen-bond donors (Lipinski definition) is 2. The van der Waals surface area contributed by atoms with Gasteiger partial charge in [-0.3, -0.25) is 0 Å². The first-order valence-corrected chi connectivity index (χ1v) is 7.52. The summed E-state index contributed by atoms with van der Waals surface area (Å²) in [4.78, 5) is 12.7. The highest BCUT2D eigenvalue weighted by atomic mass is 16.5. The number of rotatable bonds is 10. The third-order valence-corrected chi connectivity index (χ3v) is 2.98. The predicted octanol–water partition coefficient (Wildman–Crippen LogP) is 3.08. The van der Waals surface area contributed by atoms with E-state index in [4.69, 9.17) is 4.74 Å². The van der Waals surface area contributed by atoms with E-state index in [0.29, 0.717) is 30.6 Å². The number of anilines is 2. The van der Waals surface area contributed by atoms with Crippen molar-refractivity contribution in [2.75, 3.05) is 24.3 Å². The Morgan fingerprint density at radius 2 is 1.80 bits per heavy atom. The second kappa shape index (κ2) is 9.34. The monoisotopic (exact) mass is 281 g/mol. The SMILES string of the molecule is CCCCCCC(C)Nc1nc(NC)nc(OCC)n1. The predicted molar refractivity (Wildman–Crippen MR) is 82.4 cm³/mol. The molecule has 0 aliphatic heterocycles. The van der Waals surface area contributed by atoms with Crippen molar-refractivity contribution in [2.45, 2.75) is 58.9 Å². The molecule has 0 aromatic carbocycles. The van der Waals surface area contributed by atoms with E-state index >= 15 is 0 Å². The zero-order chi connectivity index (χ0) is 14.8. The Balaban J connectivity index is 2.54. The lowest BCUT2D eigenvalue weighted by Gasteiger charge is -2.14. The smallest absolute Gasteiger partial charge is 0.323 e. The molecule has 0 radical (unpaired) electrons. The highest BCUT2D eigenvalue weighted by Crippen LogP contribution is 2.13. The second-order valence-electron chi connectivity index (χ2n) is 4.84. The van der Waals surface area contributed by atoms with Gasteiger partial charge >= 0.3 is 6.01 Å². The molecule has 0 saturated heterocycles. The van der Waals surface area contributed by atoms with E-state index in [0.717, 1.165) is 6.42 Å². The average molecular weight is 281 g/mol. The summed E-state index contributed by atoms with van der Waals surface area (Å²) in [5.74, 6) is 1.08. The maximum Gasteiger partial charge on any atom is 0.323 e. The Labute approximate surface area is 121 Å². The standard InChI is InChI=1S/C14H27N5O/c1-5-7-8-9-10-11(3)16-13-17-12(15-4)18-14(19-13)20-6-2/h11H,5-10H2,1-4H3,(H2,15,16,17,18,19). The molecule has 1 atom stereocenters. The van der Waals surface area contributed by atoms with Crippen LogP contribution in [0.1, 0.15) is 52.9 Å². The quantitative estimate of drug-likeness (QED) is 0.642. The van der Waals surface area contributed by atoms with Gasteiger partial charge in [-0.25, -0.2) is 0 Å². The molecule has 0 aliphatic carbocycles. The van der Waals surface area contributed by atoms with Crippen molar-refractivity contribution in [1.82, 2.24) is 15.0 Å². The van der Waals surface area contributed by atoms with Gasteiger partial charge in [-0.15, -0.1) is 0 Å². The third kappa shape index (κ3) is 6.04. The number of ether oxygens (including phenoxy) is 1. The van der Waals surface area contributed by atoms with E-state index in [1.165, 1.54) is 25.7 Å². The first-order chi connectivity index (χ1) is 9.69. The van der Waals surface area contributed by atoms with E-state index in [1.54, 1.807) is 7.05 Å². The summed E-state index contributed by atoms with van der Waals surface area (Å²) in [6, 6.07) is 0.695.